The van der Waals surface area contributed by atoms with Crippen molar-refractivity contribution in [3.8, 4) is 11.3 Å². The van der Waals surface area contributed by atoms with Crippen LogP contribution in [-0.4, -0.2) is 58.6 Å². The van der Waals surface area contributed by atoms with Crippen LogP contribution in [0.3, 0.4) is 0 Å². The van der Waals surface area contributed by atoms with Crippen LogP contribution in [0.2, 0.25) is 0 Å². The van der Waals surface area contributed by atoms with Crippen LogP contribution in [0.1, 0.15) is 29.5 Å². The van der Waals surface area contributed by atoms with Gasteiger partial charge in [-0.05, 0) is 31.4 Å². The predicted octanol–water partition coefficient (Wildman–Crippen LogP) is 4.25. The molecular weight excluding hydrogens is 424 g/mol. The highest BCUT2D eigenvalue weighted by atomic mass is 16.2. The summed E-state index contributed by atoms with van der Waals surface area (Å²) in [5.74, 6) is 0.130. The maximum absolute atomic E-state index is 12.9. The van der Waals surface area contributed by atoms with Gasteiger partial charge in [0.2, 0.25) is 11.8 Å². The maximum atomic E-state index is 12.9. The molecule has 0 N–H and O–H groups in total. The van der Waals surface area contributed by atoms with Crippen LogP contribution < -0.4 is 0 Å². The number of hydrogen-bond acceptors (Lipinski definition) is 3. The molecule has 0 saturated carbocycles. The van der Waals surface area contributed by atoms with Crippen molar-refractivity contribution < 1.29 is 9.59 Å². The standard InChI is InChI=1S/C28H32N4O2/c1-21-9-11-23(12-10-21)27-25(20-32(29-27)19-22-7-5-4-6-8-22)13-14-26(33)31-17-15-24(16-18-31)28(34)30(2)3/h4-14,20,24H,15-19H2,1-3H3/b14-13+. The minimum Gasteiger partial charge on any atom is -0.349 e. The molecule has 2 aromatic carbocycles. The van der Waals surface area contributed by atoms with Crippen LogP contribution in [0.4, 0.5) is 0 Å². The summed E-state index contributed by atoms with van der Waals surface area (Å²) in [6.45, 7) is 3.93. The zero-order chi connectivity index (χ0) is 24.1. The van der Waals surface area contributed by atoms with Gasteiger partial charge in [0.15, 0.2) is 0 Å². The zero-order valence-corrected chi connectivity index (χ0v) is 20.1. The second kappa shape index (κ2) is 10.5. The van der Waals surface area contributed by atoms with E-state index in [9.17, 15) is 9.59 Å². The Bertz CT molecular complexity index is 1150. The highest BCUT2D eigenvalue weighted by Gasteiger charge is 2.27. The largest absolute Gasteiger partial charge is 0.349 e. The summed E-state index contributed by atoms with van der Waals surface area (Å²) in [4.78, 5) is 28.6. The third-order valence-corrected chi connectivity index (χ3v) is 6.30. The maximum Gasteiger partial charge on any atom is 0.246 e. The van der Waals surface area contributed by atoms with Gasteiger partial charge in [0.05, 0.1) is 12.2 Å². The smallest absolute Gasteiger partial charge is 0.246 e. The summed E-state index contributed by atoms with van der Waals surface area (Å²) >= 11 is 0. The number of likely N-dealkylation sites (tertiary alicyclic amines) is 1. The van der Waals surface area contributed by atoms with Crippen molar-refractivity contribution in [1.29, 1.82) is 0 Å². The summed E-state index contributed by atoms with van der Waals surface area (Å²) in [6.07, 6.45) is 6.91. The summed E-state index contributed by atoms with van der Waals surface area (Å²) in [6, 6.07) is 18.5. The first-order chi connectivity index (χ1) is 16.4. The Morgan fingerprint density at radius 1 is 1.03 bits per heavy atom. The highest BCUT2D eigenvalue weighted by Crippen LogP contribution is 2.25. The fourth-order valence-corrected chi connectivity index (χ4v) is 4.32. The number of piperidine rings is 1. The molecule has 1 fully saturated rings. The molecule has 6 heteroatoms. The molecular formula is C28H32N4O2. The monoisotopic (exact) mass is 456 g/mol. The summed E-state index contributed by atoms with van der Waals surface area (Å²) < 4.78 is 1.92. The first kappa shape index (κ1) is 23.5. The molecule has 1 saturated heterocycles. The number of hydrogen-bond donors (Lipinski definition) is 0. The second-order valence-corrected chi connectivity index (χ2v) is 9.15. The molecule has 1 aliphatic heterocycles. The average molecular weight is 457 g/mol. The van der Waals surface area contributed by atoms with E-state index in [2.05, 4.69) is 43.3 Å². The fraction of sp³-hybridized carbons (Fsp3) is 0.321. The third-order valence-electron chi connectivity index (χ3n) is 6.30. The zero-order valence-electron chi connectivity index (χ0n) is 20.1. The molecule has 1 aliphatic rings. The number of rotatable bonds is 6. The Morgan fingerprint density at radius 3 is 2.35 bits per heavy atom. The molecule has 2 amide bonds. The lowest BCUT2D eigenvalue weighted by molar-refractivity contribution is -0.137. The number of benzene rings is 2. The van der Waals surface area contributed by atoms with Crippen LogP contribution in [-0.2, 0) is 16.1 Å². The Kier molecular flexibility index (Phi) is 7.26. The molecule has 1 aromatic heterocycles. The van der Waals surface area contributed by atoms with Crippen molar-refractivity contribution in [3.63, 3.8) is 0 Å². The summed E-state index contributed by atoms with van der Waals surface area (Å²) in [5, 5.41) is 4.84. The molecule has 0 bridgehead atoms. The summed E-state index contributed by atoms with van der Waals surface area (Å²) in [5.41, 5.74) is 5.15. The lowest BCUT2D eigenvalue weighted by Crippen LogP contribution is -2.42. The van der Waals surface area contributed by atoms with Gasteiger partial charge >= 0.3 is 0 Å². The Labute approximate surface area is 201 Å². The quantitative estimate of drug-likeness (QED) is 0.521. The van der Waals surface area contributed by atoms with Crippen LogP contribution in [0, 0.1) is 12.8 Å². The first-order valence-electron chi connectivity index (χ1n) is 11.8. The lowest BCUT2D eigenvalue weighted by Gasteiger charge is -2.31. The van der Waals surface area contributed by atoms with Gasteiger partial charge in [0.1, 0.15) is 0 Å². The van der Waals surface area contributed by atoms with Crippen molar-refractivity contribution in [2.24, 2.45) is 5.92 Å². The molecule has 0 unspecified atom stereocenters. The van der Waals surface area contributed by atoms with Crippen molar-refractivity contribution >= 4 is 17.9 Å². The average Bonchev–Trinajstić information content (AvgIpc) is 3.25. The van der Waals surface area contributed by atoms with Crippen molar-refractivity contribution in [3.05, 3.63) is 83.6 Å². The predicted molar refractivity (Wildman–Crippen MR) is 135 cm³/mol. The Morgan fingerprint density at radius 2 is 1.71 bits per heavy atom. The van der Waals surface area contributed by atoms with E-state index in [1.807, 2.05) is 40.1 Å². The Balaban J connectivity index is 1.51. The molecule has 4 rings (SSSR count). The Hall–Kier alpha value is -3.67. The third kappa shape index (κ3) is 5.63. The van der Waals surface area contributed by atoms with Gasteiger partial charge in [-0.1, -0.05) is 60.2 Å². The van der Waals surface area contributed by atoms with Gasteiger partial charge in [0.25, 0.3) is 0 Å². The van der Waals surface area contributed by atoms with Crippen LogP contribution in [0.25, 0.3) is 17.3 Å². The van der Waals surface area contributed by atoms with E-state index in [0.29, 0.717) is 32.5 Å². The molecule has 0 aliphatic carbocycles. The molecule has 0 spiro atoms. The van der Waals surface area contributed by atoms with E-state index in [0.717, 1.165) is 16.8 Å². The minimum absolute atomic E-state index is 0.00684. The highest BCUT2D eigenvalue weighted by molar-refractivity contribution is 5.93. The number of nitrogens with zero attached hydrogens (tertiary/aromatic N) is 4. The summed E-state index contributed by atoms with van der Waals surface area (Å²) in [7, 11) is 3.57. The molecule has 34 heavy (non-hydrogen) atoms. The molecule has 0 atom stereocenters. The number of carbonyl (C=O) groups is 2. The van der Waals surface area contributed by atoms with E-state index in [-0.39, 0.29) is 17.7 Å². The normalized spacial score (nSPS) is 14.5. The first-order valence-corrected chi connectivity index (χ1v) is 11.8. The fourth-order valence-electron chi connectivity index (χ4n) is 4.32. The van der Waals surface area contributed by atoms with Gasteiger partial charge in [-0.15, -0.1) is 0 Å². The molecule has 176 valence electrons. The van der Waals surface area contributed by atoms with Crippen LogP contribution >= 0.6 is 0 Å². The van der Waals surface area contributed by atoms with Gasteiger partial charge < -0.3 is 9.80 Å². The molecule has 0 radical (unpaired) electrons. The van der Waals surface area contributed by atoms with Crippen LogP contribution in [0.5, 0.6) is 0 Å². The van der Waals surface area contributed by atoms with Crippen molar-refractivity contribution in [2.45, 2.75) is 26.3 Å². The number of carbonyl (C=O) groups excluding carboxylic acids is 2. The topological polar surface area (TPSA) is 58.4 Å². The van der Waals surface area contributed by atoms with Gasteiger partial charge in [0, 0.05) is 56.5 Å². The van der Waals surface area contributed by atoms with Gasteiger partial charge in [-0.2, -0.15) is 5.10 Å². The van der Waals surface area contributed by atoms with E-state index in [1.165, 1.54) is 11.1 Å². The molecule has 3 aromatic rings. The number of aryl methyl sites for hydroxylation is 1. The lowest BCUT2D eigenvalue weighted by atomic mass is 9.95. The van der Waals surface area contributed by atoms with Crippen molar-refractivity contribution in [1.82, 2.24) is 19.6 Å². The van der Waals surface area contributed by atoms with Crippen molar-refractivity contribution in [2.75, 3.05) is 27.2 Å². The van der Waals surface area contributed by atoms with Crippen LogP contribution in [0.15, 0.2) is 66.9 Å². The number of aromatic nitrogens is 2. The minimum atomic E-state index is -0.0265. The molecule has 6 nitrogen and oxygen atoms in total. The number of amides is 2. The van der Waals surface area contributed by atoms with Gasteiger partial charge in [-0.25, -0.2) is 0 Å². The van der Waals surface area contributed by atoms with E-state index < -0.39 is 0 Å². The van der Waals surface area contributed by atoms with Gasteiger partial charge in [-0.3, -0.25) is 14.3 Å². The van der Waals surface area contributed by atoms with E-state index >= 15 is 0 Å². The van der Waals surface area contributed by atoms with E-state index in [1.54, 1.807) is 25.1 Å². The second-order valence-electron chi connectivity index (χ2n) is 9.15. The molecule has 2 heterocycles. The SMILES string of the molecule is Cc1ccc(-c2nn(Cc3ccccc3)cc2/C=C/C(=O)N2CCC(C(=O)N(C)C)CC2)cc1. The van der Waals surface area contributed by atoms with E-state index in [4.69, 9.17) is 5.10 Å².